The minimum absolute atomic E-state index is 0.326. The maximum atomic E-state index is 11.6. The van der Waals surface area contributed by atoms with Crippen molar-refractivity contribution < 1.29 is 9.53 Å². The molecule has 0 aliphatic rings. The highest BCUT2D eigenvalue weighted by molar-refractivity contribution is 5.91. The molecular formula is C16H17NO2. The number of rotatable bonds is 2. The van der Waals surface area contributed by atoms with Gasteiger partial charge in [-0.05, 0) is 60.4 Å². The molecule has 3 heteroatoms. The Hall–Kier alpha value is -2.29. The predicted octanol–water partition coefficient (Wildman–Crippen LogP) is 3.34. The van der Waals surface area contributed by atoms with Crippen LogP contribution < -0.4 is 5.73 Å². The molecule has 0 heterocycles. The summed E-state index contributed by atoms with van der Waals surface area (Å²) in [5, 5.41) is 0. The average molecular weight is 255 g/mol. The smallest absolute Gasteiger partial charge is 0.337 e. The molecule has 19 heavy (non-hydrogen) atoms. The highest BCUT2D eigenvalue weighted by Crippen LogP contribution is 2.29. The van der Waals surface area contributed by atoms with Crippen molar-refractivity contribution in [3.05, 3.63) is 53.1 Å². The van der Waals surface area contributed by atoms with Gasteiger partial charge >= 0.3 is 5.97 Å². The maximum absolute atomic E-state index is 11.6. The Morgan fingerprint density at radius 3 is 2.32 bits per heavy atom. The lowest BCUT2D eigenvalue weighted by Gasteiger charge is -2.12. The van der Waals surface area contributed by atoms with Crippen molar-refractivity contribution in [2.24, 2.45) is 0 Å². The van der Waals surface area contributed by atoms with Crippen molar-refractivity contribution in [2.45, 2.75) is 13.8 Å². The second-order valence-electron chi connectivity index (χ2n) is 4.60. The molecule has 0 amide bonds. The molecule has 0 aliphatic heterocycles. The first-order valence-corrected chi connectivity index (χ1v) is 6.08. The first kappa shape index (κ1) is 13.1. The van der Waals surface area contributed by atoms with E-state index >= 15 is 0 Å². The summed E-state index contributed by atoms with van der Waals surface area (Å²) in [7, 11) is 1.38. The number of hydrogen-bond donors (Lipinski definition) is 1. The zero-order valence-electron chi connectivity index (χ0n) is 11.4. The summed E-state index contributed by atoms with van der Waals surface area (Å²) in [6.07, 6.45) is 0. The van der Waals surface area contributed by atoms with Gasteiger partial charge in [-0.15, -0.1) is 0 Å². The summed E-state index contributed by atoms with van der Waals surface area (Å²) < 4.78 is 4.75. The van der Waals surface area contributed by atoms with E-state index in [1.54, 1.807) is 6.07 Å². The number of carbonyl (C=O) groups excluding carboxylic acids is 1. The molecule has 3 nitrogen and oxygen atoms in total. The number of benzene rings is 2. The Bertz CT molecular complexity index is 609. The van der Waals surface area contributed by atoms with Gasteiger partial charge in [0.25, 0.3) is 0 Å². The van der Waals surface area contributed by atoms with E-state index in [1.807, 2.05) is 44.2 Å². The standard InChI is InChI=1S/C16H17NO2/c1-10-7-14(17)8-11(2)15(10)12-5-4-6-13(9-12)16(18)19-3/h4-9H,17H2,1-3H3. The molecule has 0 saturated carbocycles. The summed E-state index contributed by atoms with van der Waals surface area (Å²) in [6, 6.07) is 11.3. The average Bonchev–Trinajstić information content (AvgIpc) is 2.37. The van der Waals surface area contributed by atoms with Crippen LogP contribution in [-0.2, 0) is 4.74 Å². The van der Waals surface area contributed by atoms with Crippen LogP contribution in [0.25, 0.3) is 11.1 Å². The Balaban J connectivity index is 2.57. The van der Waals surface area contributed by atoms with E-state index in [-0.39, 0.29) is 5.97 Å². The molecule has 0 radical (unpaired) electrons. The second-order valence-corrected chi connectivity index (χ2v) is 4.60. The van der Waals surface area contributed by atoms with Crippen LogP contribution in [0.1, 0.15) is 21.5 Å². The Morgan fingerprint density at radius 2 is 1.74 bits per heavy atom. The SMILES string of the molecule is COC(=O)c1cccc(-c2c(C)cc(N)cc2C)c1. The predicted molar refractivity (Wildman–Crippen MR) is 77.1 cm³/mol. The van der Waals surface area contributed by atoms with E-state index in [1.165, 1.54) is 7.11 Å². The van der Waals surface area contributed by atoms with Crippen LogP contribution in [0.2, 0.25) is 0 Å². The first-order valence-electron chi connectivity index (χ1n) is 6.08. The fourth-order valence-electron chi connectivity index (χ4n) is 2.37. The lowest BCUT2D eigenvalue weighted by molar-refractivity contribution is 0.0601. The zero-order chi connectivity index (χ0) is 14.0. The second kappa shape index (κ2) is 5.14. The van der Waals surface area contributed by atoms with Gasteiger partial charge in [0.05, 0.1) is 12.7 Å². The number of carbonyl (C=O) groups is 1. The number of nitrogen functional groups attached to an aromatic ring is 1. The van der Waals surface area contributed by atoms with Gasteiger partial charge in [-0.25, -0.2) is 4.79 Å². The lowest BCUT2D eigenvalue weighted by atomic mass is 9.94. The number of methoxy groups -OCH3 is 1. The van der Waals surface area contributed by atoms with E-state index in [2.05, 4.69) is 0 Å². The van der Waals surface area contributed by atoms with Gasteiger partial charge in [0.2, 0.25) is 0 Å². The molecule has 0 atom stereocenters. The van der Waals surface area contributed by atoms with Crippen LogP contribution in [0.4, 0.5) is 5.69 Å². The molecule has 0 spiro atoms. The third kappa shape index (κ3) is 2.60. The third-order valence-corrected chi connectivity index (χ3v) is 3.13. The van der Waals surface area contributed by atoms with Gasteiger partial charge in [0.15, 0.2) is 0 Å². The van der Waals surface area contributed by atoms with Crippen molar-refractivity contribution in [1.29, 1.82) is 0 Å². The van der Waals surface area contributed by atoms with E-state index in [4.69, 9.17) is 10.5 Å². The fourth-order valence-corrected chi connectivity index (χ4v) is 2.37. The molecule has 0 unspecified atom stereocenters. The van der Waals surface area contributed by atoms with Crippen LogP contribution >= 0.6 is 0 Å². The van der Waals surface area contributed by atoms with Gasteiger partial charge < -0.3 is 10.5 Å². The number of aryl methyl sites for hydroxylation is 2. The number of esters is 1. The van der Waals surface area contributed by atoms with Crippen molar-refractivity contribution >= 4 is 11.7 Å². The quantitative estimate of drug-likeness (QED) is 0.661. The van der Waals surface area contributed by atoms with Crippen LogP contribution in [0.15, 0.2) is 36.4 Å². The minimum Gasteiger partial charge on any atom is -0.465 e. The van der Waals surface area contributed by atoms with Crippen molar-refractivity contribution in [2.75, 3.05) is 12.8 Å². The summed E-state index contributed by atoms with van der Waals surface area (Å²) >= 11 is 0. The van der Waals surface area contributed by atoms with Crippen LogP contribution in [0, 0.1) is 13.8 Å². The van der Waals surface area contributed by atoms with Gasteiger partial charge in [-0.3, -0.25) is 0 Å². The largest absolute Gasteiger partial charge is 0.465 e. The number of hydrogen-bond acceptors (Lipinski definition) is 3. The van der Waals surface area contributed by atoms with E-state index in [0.717, 1.165) is 27.9 Å². The maximum Gasteiger partial charge on any atom is 0.337 e. The van der Waals surface area contributed by atoms with Gasteiger partial charge in [-0.2, -0.15) is 0 Å². The van der Waals surface area contributed by atoms with Crippen molar-refractivity contribution in [3.63, 3.8) is 0 Å². The number of ether oxygens (including phenoxy) is 1. The summed E-state index contributed by atoms with van der Waals surface area (Å²) in [4.78, 5) is 11.6. The number of anilines is 1. The van der Waals surface area contributed by atoms with Crippen molar-refractivity contribution in [3.8, 4) is 11.1 Å². The topological polar surface area (TPSA) is 52.3 Å². The van der Waals surface area contributed by atoms with Crippen molar-refractivity contribution in [1.82, 2.24) is 0 Å². The zero-order valence-corrected chi connectivity index (χ0v) is 11.4. The summed E-state index contributed by atoms with van der Waals surface area (Å²) in [5.41, 5.74) is 11.4. The van der Waals surface area contributed by atoms with Gasteiger partial charge in [0.1, 0.15) is 0 Å². The molecule has 2 N–H and O–H groups in total. The molecule has 2 rings (SSSR count). The van der Waals surface area contributed by atoms with Crippen LogP contribution in [0.5, 0.6) is 0 Å². The van der Waals surface area contributed by atoms with Crippen LogP contribution in [0.3, 0.4) is 0 Å². The molecular weight excluding hydrogens is 238 g/mol. The molecule has 0 aliphatic carbocycles. The fraction of sp³-hybridized carbons (Fsp3) is 0.188. The lowest BCUT2D eigenvalue weighted by Crippen LogP contribution is -2.01. The summed E-state index contributed by atoms with van der Waals surface area (Å²) in [6.45, 7) is 4.03. The van der Waals surface area contributed by atoms with Crippen LogP contribution in [-0.4, -0.2) is 13.1 Å². The molecule has 98 valence electrons. The monoisotopic (exact) mass is 255 g/mol. The molecule has 0 bridgehead atoms. The molecule has 2 aromatic carbocycles. The van der Waals surface area contributed by atoms with Gasteiger partial charge in [0, 0.05) is 5.69 Å². The molecule has 0 fully saturated rings. The molecule has 0 saturated heterocycles. The first-order chi connectivity index (χ1) is 9.02. The summed E-state index contributed by atoms with van der Waals surface area (Å²) in [5.74, 6) is -0.326. The highest BCUT2D eigenvalue weighted by atomic mass is 16.5. The Morgan fingerprint density at radius 1 is 1.11 bits per heavy atom. The molecule has 2 aromatic rings. The normalized spacial score (nSPS) is 10.3. The minimum atomic E-state index is -0.326. The van der Waals surface area contributed by atoms with E-state index in [0.29, 0.717) is 5.56 Å². The third-order valence-electron chi connectivity index (χ3n) is 3.13. The van der Waals surface area contributed by atoms with Gasteiger partial charge in [-0.1, -0.05) is 12.1 Å². The Labute approximate surface area is 113 Å². The van der Waals surface area contributed by atoms with E-state index < -0.39 is 0 Å². The van der Waals surface area contributed by atoms with E-state index in [9.17, 15) is 4.79 Å². The molecule has 0 aromatic heterocycles. The number of nitrogens with two attached hydrogens (primary N) is 1. The Kier molecular flexibility index (Phi) is 3.56. The highest BCUT2D eigenvalue weighted by Gasteiger charge is 2.10.